The third-order valence-electron chi connectivity index (χ3n) is 5.04. The van der Waals surface area contributed by atoms with Crippen molar-refractivity contribution in [2.24, 2.45) is 4.99 Å². The van der Waals surface area contributed by atoms with Crippen LogP contribution in [0.25, 0.3) is 0 Å². The molecule has 2 N–H and O–H groups in total. The van der Waals surface area contributed by atoms with Gasteiger partial charge in [-0.15, -0.1) is 10.2 Å². The summed E-state index contributed by atoms with van der Waals surface area (Å²) in [5.41, 5.74) is 4.00. The Labute approximate surface area is 162 Å². The molecule has 27 heavy (non-hydrogen) atoms. The molecule has 0 spiro atoms. The topological polar surface area (TPSA) is 67.1 Å². The van der Waals surface area contributed by atoms with Crippen LogP contribution in [-0.2, 0) is 25.8 Å². The number of aliphatic imine (C=N–C) groups is 1. The molecule has 0 aliphatic carbocycles. The van der Waals surface area contributed by atoms with Crippen molar-refractivity contribution in [1.82, 2.24) is 25.4 Å². The van der Waals surface area contributed by atoms with Gasteiger partial charge in [-0.3, -0.25) is 4.99 Å². The number of guanidine groups is 1. The largest absolute Gasteiger partial charge is 0.356 e. The van der Waals surface area contributed by atoms with E-state index in [1.165, 1.54) is 36.0 Å². The van der Waals surface area contributed by atoms with E-state index in [1.54, 1.807) is 0 Å². The molecule has 0 amide bonds. The first-order valence-electron chi connectivity index (χ1n) is 10.1. The van der Waals surface area contributed by atoms with Gasteiger partial charge in [0.2, 0.25) is 0 Å². The minimum atomic E-state index is 0.807. The number of aromatic nitrogens is 3. The summed E-state index contributed by atoms with van der Waals surface area (Å²) in [6.45, 7) is 7.02. The Morgan fingerprint density at radius 1 is 1.00 bits per heavy atom. The van der Waals surface area contributed by atoms with Crippen LogP contribution >= 0.6 is 0 Å². The fourth-order valence-electron chi connectivity index (χ4n) is 3.78. The first-order chi connectivity index (χ1) is 13.2. The van der Waals surface area contributed by atoms with Gasteiger partial charge in [-0.2, -0.15) is 0 Å². The van der Waals surface area contributed by atoms with E-state index in [1.807, 2.05) is 7.05 Å². The number of rotatable bonds is 6. The van der Waals surface area contributed by atoms with Crippen LogP contribution in [0.3, 0.4) is 0 Å². The van der Waals surface area contributed by atoms with E-state index in [0.717, 1.165) is 56.5 Å². The van der Waals surface area contributed by atoms with Crippen molar-refractivity contribution >= 4 is 5.96 Å². The van der Waals surface area contributed by atoms with Gasteiger partial charge >= 0.3 is 0 Å². The molecule has 1 aromatic carbocycles. The molecule has 1 aliphatic rings. The second-order valence-corrected chi connectivity index (χ2v) is 7.42. The van der Waals surface area contributed by atoms with Gasteiger partial charge in [-0.25, -0.2) is 0 Å². The van der Waals surface area contributed by atoms with E-state index in [4.69, 9.17) is 0 Å². The van der Waals surface area contributed by atoms with E-state index in [0.29, 0.717) is 0 Å². The SMILES string of the molecule is CN=C(NCCc1cc(C)cc(C)c1)NCCc1nnc2n1CCCCC2. The summed E-state index contributed by atoms with van der Waals surface area (Å²) in [6.07, 6.45) is 6.66. The average molecular weight is 369 g/mol. The molecule has 1 aliphatic heterocycles. The summed E-state index contributed by atoms with van der Waals surface area (Å²) >= 11 is 0. The Kier molecular flexibility index (Phi) is 6.85. The summed E-state index contributed by atoms with van der Waals surface area (Å²) in [6, 6.07) is 6.71. The highest BCUT2D eigenvalue weighted by Crippen LogP contribution is 2.14. The zero-order chi connectivity index (χ0) is 19.1. The number of hydrogen-bond donors (Lipinski definition) is 2. The number of benzene rings is 1. The van der Waals surface area contributed by atoms with Gasteiger partial charge in [-0.1, -0.05) is 35.7 Å². The Balaban J connectivity index is 1.44. The van der Waals surface area contributed by atoms with E-state index in [2.05, 4.69) is 62.4 Å². The Morgan fingerprint density at radius 2 is 1.74 bits per heavy atom. The molecule has 0 saturated carbocycles. The smallest absolute Gasteiger partial charge is 0.191 e. The molecule has 146 valence electrons. The van der Waals surface area contributed by atoms with E-state index < -0.39 is 0 Å². The lowest BCUT2D eigenvalue weighted by Gasteiger charge is -2.13. The molecule has 6 nitrogen and oxygen atoms in total. The second kappa shape index (κ2) is 9.53. The van der Waals surface area contributed by atoms with Crippen LogP contribution in [0.5, 0.6) is 0 Å². The quantitative estimate of drug-likeness (QED) is 0.607. The Morgan fingerprint density at radius 3 is 2.48 bits per heavy atom. The summed E-state index contributed by atoms with van der Waals surface area (Å²) in [7, 11) is 1.81. The molecule has 0 atom stereocenters. The predicted octanol–water partition coefficient (Wildman–Crippen LogP) is 2.57. The molecule has 2 aromatic rings. The van der Waals surface area contributed by atoms with Crippen LogP contribution in [0.4, 0.5) is 0 Å². The first kappa shape index (κ1) is 19.4. The van der Waals surface area contributed by atoms with Gasteiger partial charge in [0.15, 0.2) is 5.96 Å². The average Bonchev–Trinajstić information content (AvgIpc) is 2.86. The van der Waals surface area contributed by atoms with Crippen LogP contribution in [0.2, 0.25) is 0 Å². The molecule has 0 fully saturated rings. The van der Waals surface area contributed by atoms with Crippen LogP contribution in [0.15, 0.2) is 23.2 Å². The lowest BCUT2D eigenvalue weighted by molar-refractivity contribution is 0.600. The third kappa shape index (κ3) is 5.55. The highest BCUT2D eigenvalue weighted by Gasteiger charge is 2.14. The maximum absolute atomic E-state index is 4.39. The van der Waals surface area contributed by atoms with E-state index in [9.17, 15) is 0 Å². The summed E-state index contributed by atoms with van der Waals surface area (Å²) in [5.74, 6) is 3.08. The van der Waals surface area contributed by atoms with Gasteiger partial charge in [0, 0.05) is 39.5 Å². The Bertz CT molecular complexity index is 757. The fourth-order valence-corrected chi connectivity index (χ4v) is 3.78. The molecular formula is C21H32N6. The lowest BCUT2D eigenvalue weighted by atomic mass is 10.1. The fraction of sp³-hybridized carbons (Fsp3) is 0.571. The molecule has 2 heterocycles. The lowest BCUT2D eigenvalue weighted by Crippen LogP contribution is -2.39. The highest BCUT2D eigenvalue weighted by atomic mass is 15.3. The number of fused-ring (bicyclic) bond motifs is 1. The molecule has 0 unspecified atom stereocenters. The summed E-state index contributed by atoms with van der Waals surface area (Å²) < 4.78 is 2.31. The molecule has 0 bridgehead atoms. The van der Waals surface area contributed by atoms with Gasteiger partial charge in [0.05, 0.1) is 0 Å². The van der Waals surface area contributed by atoms with Crippen molar-refractivity contribution < 1.29 is 0 Å². The number of aryl methyl sites for hydroxylation is 3. The predicted molar refractivity (Wildman–Crippen MR) is 110 cm³/mol. The molecule has 1 aromatic heterocycles. The molecule has 3 rings (SSSR count). The van der Waals surface area contributed by atoms with Crippen LogP contribution in [-0.4, -0.2) is 40.9 Å². The van der Waals surface area contributed by atoms with E-state index in [-0.39, 0.29) is 0 Å². The van der Waals surface area contributed by atoms with Crippen molar-refractivity contribution in [2.45, 2.75) is 58.9 Å². The zero-order valence-corrected chi connectivity index (χ0v) is 16.9. The van der Waals surface area contributed by atoms with Crippen LogP contribution < -0.4 is 10.6 Å². The van der Waals surface area contributed by atoms with Crippen molar-refractivity contribution in [1.29, 1.82) is 0 Å². The van der Waals surface area contributed by atoms with Crippen molar-refractivity contribution in [3.63, 3.8) is 0 Å². The minimum absolute atomic E-state index is 0.807. The van der Waals surface area contributed by atoms with Crippen LogP contribution in [0.1, 0.15) is 47.6 Å². The Hall–Kier alpha value is -2.37. The molecule has 6 heteroatoms. The normalized spacial score (nSPS) is 14.6. The second-order valence-electron chi connectivity index (χ2n) is 7.42. The monoisotopic (exact) mass is 368 g/mol. The minimum Gasteiger partial charge on any atom is -0.356 e. The number of hydrogen-bond acceptors (Lipinski definition) is 3. The first-order valence-corrected chi connectivity index (χ1v) is 10.1. The summed E-state index contributed by atoms with van der Waals surface area (Å²) in [4.78, 5) is 4.33. The maximum atomic E-state index is 4.39. The molecule has 0 radical (unpaired) electrons. The van der Waals surface area contributed by atoms with Crippen molar-refractivity contribution in [3.05, 3.63) is 46.5 Å². The van der Waals surface area contributed by atoms with Gasteiger partial charge in [0.25, 0.3) is 0 Å². The molecule has 0 saturated heterocycles. The maximum Gasteiger partial charge on any atom is 0.191 e. The number of nitrogens with zero attached hydrogens (tertiary/aromatic N) is 4. The third-order valence-corrected chi connectivity index (χ3v) is 5.04. The highest BCUT2D eigenvalue weighted by molar-refractivity contribution is 5.79. The van der Waals surface area contributed by atoms with Gasteiger partial charge in [0.1, 0.15) is 11.6 Å². The van der Waals surface area contributed by atoms with E-state index >= 15 is 0 Å². The van der Waals surface area contributed by atoms with Crippen molar-refractivity contribution in [3.8, 4) is 0 Å². The standard InChI is InChI=1S/C21H32N6/c1-16-13-17(2)15-18(14-16)8-10-23-21(22-3)24-11-9-20-26-25-19-7-5-4-6-12-27(19)20/h13-15H,4-12H2,1-3H3,(H2,22,23,24). The van der Waals surface area contributed by atoms with Gasteiger partial charge < -0.3 is 15.2 Å². The van der Waals surface area contributed by atoms with Crippen molar-refractivity contribution in [2.75, 3.05) is 20.1 Å². The van der Waals surface area contributed by atoms with Crippen LogP contribution in [0, 0.1) is 13.8 Å². The molecular weight excluding hydrogens is 336 g/mol. The number of nitrogens with one attached hydrogen (secondary N) is 2. The zero-order valence-electron chi connectivity index (χ0n) is 16.9. The summed E-state index contributed by atoms with van der Waals surface area (Å²) in [5, 5.41) is 15.6. The van der Waals surface area contributed by atoms with Gasteiger partial charge in [-0.05, 0) is 38.7 Å².